The first kappa shape index (κ1) is 25.7. The van der Waals surface area contributed by atoms with Crippen molar-refractivity contribution in [2.75, 3.05) is 88.3 Å². The van der Waals surface area contributed by atoms with E-state index in [1.165, 1.54) is 37.4 Å². The molecule has 1 aromatic carbocycles. The van der Waals surface area contributed by atoms with Gasteiger partial charge in [-0.1, -0.05) is 0 Å². The lowest BCUT2D eigenvalue weighted by atomic mass is 10.1. The van der Waals surface area contributed by atoms with Crippen LogP contribution in [0.2, 0.25) is 0 Å². The molecule has 1 aromatic heterocycles. The van der Waals surface area contributed by atoms with Crippen LogP contribution >= 0.6 is 11.8 Å². The summed E-state index contributed by atoms with van der Waals surface area (Å²) in [5.74, 6) is 5.65. The van der Waals surface area contributed by atoms with Gasteiger partial charge in [0.1, 0.15) is 5.82 Å². The fourth-order valence-electron chi connectivity index (χ4n) is 5.41. The number of ether oxygens (including phenoxy) is 2. The highest BCUT2D eigenvalue weighted by Gasteiger charge is 2.22. The minimum absolute atomic E-state index is 0.444. The molecule has 8 nitrogen and oxygen atoms in total. The molecule has 0 atom stereocenters. The number of thioether (sulfide) groups is 1. The third kappa shape index (κ3) is 6.47. The van der Waals surface area contributed by atoms with Gasteiger partial charge in [-0.15, -0.1) is 0 Å². The molecule has 0 aliphatic carbocycles. The molecule has 0 amide bonds. The van der Waals surface area contributed by atoms with Gasteiger partial charge < -0.3 is 29.5 Å². The van der Waals surface area contributed by atoms with Crippen LogP contribution in [0.25, 0.3) is 10.9 Å². The maximum absolute atomic E-state index is 6.25. The number of anilines is 2. The molecule has 3 aliphatic heterocycles. The highest BCUT2D eigenvalue weighted by Crippen LogP contribution is 2.36. The van der Waals surface area contributed by atoms with E-state index in [9.17, 15) is 0 Å². The van der Waals surface area contributed by atoms with Gasteiger partial charge in [0.25, 0.3) is 0 Å². The molecular formula is C27H42N6O2S. The Bertz CT molecular complexity index is 996. The second-order valence-electron chi connectivity index (χ2n) is 10.3. The number of hydrogen-bond acceptors (Lipinski definition) is 9. The molecule has 1 N–H and O–H groups in total. The van der Waals surface area contributed by atoms with E-state index in [2.05, 4.69) is 39.2 Å². The van der Waals surface area contributed by atoms with Crippen LogP contribution in [0.1, 0.15) is 38.5 Å². The van der Waals surface area contributed by atoms with E-state index in [0.717, 1.165) is 92.6 Å². The van der Waals surface area contributed by atoms with Crippen LogP contribution in [0.15, 0.2) is 12.1 Å². The lowest BCUT2D eigenvalue weighted by molar-refractivity contribution is 0.254. The van der Waals surface area contributed by atoms with Gasteiger partial charge in [-0.3, -0.25) is 0 Å². The average molecular weight is 515 g/mol. The molecule has 5 rings (SSSR count). The monoisotopic (exact) mass is 514 g/mol. The van der Waals surface area contributed by atoms with Crippen LogP contribution in [0, 0.1) is 0 Å². The van der Waals surface area contributed by atoms with Crippen molar-refractivity contribution < 1.29 is 9.47 Å². The minimum Gasteiger partial charge on any atom is -0.493 e. The number of methoxy groups -OCH3 is 1. The van der Waals surface area contributed by atoms with Crippen molar-refractivity contribution in [3.8, 4) is 11.5 Å². The Hall–Kier alpha value is -1.97. The molecule has 3 aliphatic rings. The lowest BCUT2D eigenvalue weighted by Crippen LogP contribution is -2.31. The number of nitrogens with zero attached hydrogens (tertiary/aromatic N) is 5. The quantitative estimate of drug-likeness (QED) is 0.501. The largest absolute Gasteiger partial charge is 0.493 e. The van der Waals surface area contributed by atoms with Crippen molar-refractivity contribution in [3.63, 3.8) is 0 Å². The number of hydrogen-bond donors (Lipinski definition) is 1. The molecular weight excluding hydrogens is 472 g/mol. The summed E-state index contributed by atoms with van der Waals surface area (Å²) in [6, 6.07) is 4.56. The predicted octanol–water partition coefficient (Wildman–Crippen LogP) is 3.95. The number of likely N-dealkylation sites (N-methyl/N-ethyl adjacent to an activating group) is 1. The zero-order valence-corrected chi connectivity index (χ0v) is 22.8. The summed E-state index contributed by atoms with van der Waals surface area (Å²) in [6.07, 6.45) is 7.11. The minimum atomic E-state index is 0.444. The Morgan fingerprint density at radius 2 is 1.81 bits per heavy atom. The molecule has 4 heterocycles. The van der Waals surface area contributed by atoms with E-state index in [4.69, 9.17) is 19.4 Å². The molecule has 36 heavy (non-hydrogen) atoms. The highest BCUT2D eigenvalue weighted by molar-refractivity contribution is 7.99. The third-order valence-electron chi connectivity index (χ3n) is 7.61. The fraction of sp³-hybridized carbons (Fsp3) is 0.704. The van der Waals surface area contributed by atoms with Crippen LogP contribution in [0.4, 0.5) is 11.8 Å². The molecule has 9 heteroatoms. The highest BCUT2D eigenvalue weighted by atomic mass is 32.2. The summed E-state index contributed by atoms with van der Waals surface area (Å²) < 4.78 is 12.0. The van der Waals surface area contributed by atoms with Gasteiger partial charge in [0.15, 0.2) is 11.5 Å². The molecule has 3 fully saturated rings. The Balaban J connectivity index is 1.41. The number of aromatic nitrogens is 2. The summed E-state index contributed by atoms with van der Waals surface area (Å²) in [6.45, 7) is 8.28. The summed E-state index contributed by atoms with van der Waals surface area (Å²) in [7, 11) is 3.91. The lowest BCUT2D eigenvalue weighted by Gasteiger charge is -2.26. The van der Waals surface area contributed by atoms with Crippen molar-refractivity contribution in [3.05, 3.63) is 12.1 Å². The van der Waals surface area contributed by atoms with Gasteiger partial charge in [0, 0.05) is 43.7 Å². The zero-order chi connectivity index (χ0) is 24.7. The van der Waals surface area contributed by atoms with E-state index in [-0.39, 0.29) is 0 Å². The first-order chi connectivity index (χ1) is 17.7. The van der Waals surface area contributed by atoms with E-state index in [0.29, 0.717) is 12.6 Å². The van der Waals surface area contributed by atoms with Gasteiger partial charge in [-0.05, 0) is 82.8 Å². The Labute approximate surface area is 220 Å². The third-order valence-corrected chi connectivity index (χ3v) is 8.66. The van der Waals surface area contributed by atoms with E-state index < -0.39 is 0 Å². The van der Waals surface area contributed by atoms with Crippen LogP contribution < -0.4 is 19.7 Å². The number of rotatable bonds is 9. The average Bonchev–Trinajstić information content (AvgIpc) is 3.33. The van der Waals surface area contributed by atoms with Gasteiger partial charge in [-0.2, -0.15) is 16.7 Å². The predicted molar refractivity (Wildman–Crippen MR) is 150 cm³/mol. The maximum Gasteiger partial charge on any atom is 0.227 e. The Kier molecular flexibility index (Phi) is 8.93. The van der Waals surface area contributed by atoms with Crippen molar-refractivity contribution in [1.29, 1.82) is 0 Å². The smallest absolute Gasteiger partial charge is 0.227 e. The van der Waals surface area contributed by atoms with Crippen molar-refractivity contribution in [1.82, 2.24) is 19.8 Å². The van der Waals surface area contributed by atoms with Gasteiger partial charge in [0.2, 0.25) is 5.95 Å². The summed E-state index contributed by atoms with van der Waals surface area (Å²) >= 11 is 2.04. The summed E-state index contributed by atoms with van der Waals surface area (Å²) in [5.41, 5.74) is 0.917. The fourth-order valence-corrected chi connectivity index (χ4v) is 6.51. The second-order valence-corrected chi connectivity index (χ2v) is 11.5. The standard InChI is InChI=1S/C27H42N6O2S/c1-31-9-5-13-33(15-14-31)27-29-23-20-25(35-16-6-12-32-10-3-4-11-32)24(34-2)19-22(23)26(30-27)28-21-7-17-36-18-8-21/h19-21H,3-18H2,1-2H3,(H,28,29,30). The first-order valence-corrected chi connectivity index (χ1v) is 14.9. The zero-order valence-electron chi connectivity index (χ0n) is 22.0. The van der Waals surface area contributed by atoms with Crippen LogP contribution in [-0.4, -0.2) is 104 Å². The van der Waals surface area contributed by atoms with Crippen LogP contribution in [-0.2, 0) is 0 Å². The topological polar surface area (TPSA) is 66.0 Å². The summed E-state index contributed by atoms with van der Waals surface area (Å²) in [5, 5.41) is 4.78. The molecule has 0 spiro atoms. The number of nitrogens with one attached hydrogen (secondary N) is 1. The van der Waals surface area contributed by atoms with E-state index in [1.807, 2.05) is 11.8 Å². The Morgan fingerprint density at radius 1 is 0.972 bits per heavy atom. The van der Waals surface area contributed by atoms with Crippen molar-refractivity contribution >= 4 is 34.4 Å². The number of fused-ring (bicyclic) bond motifs is 1. The molecule has 0 unspecified atom stereocenters. The second kappa shape index (κ2) is 12.5. The molecule has 0 saturated carbocycles. The van der Waals surface area contributed by atoms with E-state index >= 15 is 0 Å². The number of benzene rings is 1. The molecule has 3 saturated heterocycles. The number of likely N-dealkylation sites (tertiary alicyclic amines) is 1. The van der Waals surface area contributed by atoms with Crippen molar-refractivity contribution in [2.24, 2.45) is 0 Å². The van der Waals surface area contributed by atoms with Gasteiger partial charge >= 0.3 is 0 Å². The molecule has 0 bridgehead atoms. The molecule has 2 aromatic rings. The maximum atomic E-state index is 6.25. The SMILES string of the molecule is COc1cc2c(NC3CCSCC3)nc(N3CCCN(C)CC3)nc2cc1OCCCN1CCCC1. The Morgan fingerprint density at radius 3 is 2.61 bits per heavy atom. The normalized spacial score (nSPS) is 20.6. The molecule has 198 valence electrons. The van der Waals surface area contributed by atoms with Crippen LogP contribution in [0.5, 0.6) is 11.5 Å². The molecule has 0 radical (unpaired) electrons. The summed E-state index contributed by atoms with van der Waals surface area (Å²) in [4.78, 5) is 17.4. The van der Waals surface area contributed by atoms with Gasteiger partial charge in [0.05, 0.1) is 19.2 Å². The van der Waals surface area contributed by atoms with Crippen LogP contribution in [0.3, 0.4) is 0 Å². The van der Waals surface area contributed by atoms with Crippen molar-refractivity contribution in [2.45, 2.75) is 44.6 Å². The van der Waals surface area contributed by atoms with E-state index in [1.54, 1.807) is 7.11 Å². The first-order valence-electron chi connectivity index (χ1n) is 13.7. The van der Waals surface area contributed by atoms with Gasteiger partial charge in [-0.25, -0.2) is 4.98 Å².